The topological polar surface area (TPSA) is 130 Å². The first-order valence-electron chi connectivity index (χ1n) is 15.5. The average Bonchev–Trinajstić information content (AvgIpc) is 2.94. The van der Waals surface area contributed by atoms with Crippen LogP contribution in [0.15, 0.2) is 58.9 Å². The SMILES string of the molecule is CCOc1cc(C2C3=C(CC(C)(C)CC3=O)N(CCC(=O)O)C3=C2C(=O)CC(C)(C)C3)cc(I)c1OCc1ccc(C(=O)O)cc1. The lowest BCUT2D eigenvalue weighted by Gasteiger charge is -2.49. The van der Waals surface area contributed by atoms with Crippen molar-refractivity contribution in [3.63, 3.8) is 0 Å². The van der Waals surface area contributed by atoms with Gasteiger partial charge in [0.05, 0.1) is 22.2 Å². The molecule has 0 bridgehead atoms. The van der Waals surface area contributed by atoms with Crippen LogP contribution in [-0.2, 0) is 21.0 Å². The Kier molecular flexibility index (Phi) is 9.41. The predicted octanol–water partition coefficient (Wildman–Crippen LogP) is 7.13. The van der Waals surface area contributed by atoms with Crippen LogP contribution in [0.3, 0.4) is 0 Å². The number of ketones is 2. The molecule has 10 heteroatoms. The van der Waals surface area contributed by atoms with Crippen molar-refractivity contribution in [3.05, 3.63) is 79.2 Å². The standard InChI is InChI=1S/C36H40INO8/c1-6-45-28-14-22(13-23(37)33(28)46-19-20-7-9-21(10-8-20)34(43)44)30-31-24(15-35(2,3)17-26(31)39)38(12-11-29(41)42)25-16-36(4,5)18-27(40)32(25)30/h7-10,13-14,30H,6,11-12,15-19H2,1-5H3,(H,41,42)(H,43,44). The third-order valence-electron chi connectivity index (χ3n) is 8.82. The van der Waals surface area contributed by atoms with Gasteiger partial charge in [-0.2, -0.15) is 0 Å². The van der Waals surface area contributed by atoms with Gasteiger partial charge in [0, 0.05) is 47.8 Å². The second-order valence-corrected chi connectivity index (χ2v) is 15.0. The molecule has 5 rings (SSSR count). The first-order chi connectivity index (χ1) is 21.6. The third-order valence-corrected chi connectivity index (χ3v) is 9.62. The second-order valence-electron chi connectivity index (χ2n) is 13.9. The van der Waals surface area contributed by atoms with Gasteiger partial charge >= 0.3 is 11.9 Å². The summed E-state index contributed by atoms with van der Waals surface area (Å²) in [5, 5.41) is 18.8. The van der Waals surface area contributed by atoms with Crippen LogP contribution in [0.4, 0.5) is 0 Å². The van der Waals surface area contributed by atoms with Gasteiger partial charge in [-0.25, -0.2) is 4.79 Å². The Bertz CT molecular complexity index is 1610. The van der Waals surface area contributed by atoms with Gasteiger partial charge in [0.2, 0.25) is 0 Å². The Hall–Kier alpha value is -3.67. The number of aromatic carboxylic acids is 1. The summed E-state index contributed by atoms with van der Waals surface area (Å²) in [5.41, 5.74) is 3.87. The number of halogens is 1. The zero-order chi connectivity index (χ0) is 33.6. The van der Waals surface area contributed by atoms with E-state index in [9.17, 15) is 29.4 Å². The van der Waals surface area contributed by atoms with Gasteiger partial charge in [0.1, 0.15) is 6.61 Å². The molecule has 3 aliphatic rings. The molecule has 9 nitrogen and oxygen atoms in total. The maximum absolute atomic E-state index is 14.1. The summed E-state index contributed by atoms with van der Waals surface area (Å²) in [5.74, 6) is -1.60. The molecule has 2 aromatic carbocycles. The largest absolute Gasteiger partial charge is 0.490 e. The number of carbonyl (C=O) groups excluding carboxylic acids is 2. The summed E-state index contributed by atoms with van der Waals surface area (Å²) < 4.78 is 13.1. The van der Waals surface area contributed by atoms with Crippen molar-refractivity contribution >= 4 is 46.1 Å². The van der Waals surface area contributed by atoms with Crippen LogP contribution >= 0.6 is 22.6 Å². The number of hydrogen-bond donors (Lipinski definition) is 2. The van der Waals surface area contributed by atoms with Crippen molar-refractivity contribution in [1.29, 1.82) is 0 Å². The number of benzene rings is 2. The summed E-state index contributed by atoms with van der Waals surface area (Å²) >= 11 is 2.19. The van der Waals surface area contributed by atoms with Gasteiger partial charge < -0.3 is 24.6 Å². The molecule has 1 heterocycles. The number of nitrogens with zero attached hydrogens (tertiary/aromatic N) is 1. The minimum absolute atomic E-state index is 0.0288. The molecule has 1 aliphatic heterocycles. The molecule has 2 N–H and O–H groups in total. The lowest BCUT2D eigenvalue weighted by molar-refractivity contribution is -0.137. The van der Waals surface area contributed by atoms with E-state index in [0.717, 1.165) is 26.1 Å². The summed E-state index contributed by atoms with van der Waals surface area (Å²) in [6.45, 7) is 10.8. The number of Topliss-reactive ketones (excluding diaryl/α,β-unsaturated/α-hetero) is 2. The van der Waals surface area contributed by atoms with Gasteiger partial charge in [0.15, 0.2) is 23.1 Å². The Morgan fingerprint density at radius 3 is 1.96 bits per heavy atom. The molecule has 2 aliphatic carbocycles. The van der Waals surface area contributed by atoms with Crippen LogP contribution in [0.2, 0.25) is 0 Å². The minimum Gasteiger partial charge on any atom is -0.490 e. The van der Waals surface area contributed by atoms with Crippen molar-refractivity contribution in [3.8, 4) is 11.5 Å². The maximum Gasteiger partial charge on any atom is 0.335 e. The van der Waals surface area contributed by atoms with Gasteiger partial charge in [-0.1, -0.05) is 39.8 Å². The van der Waals surface area contributed by atoms with Crippen molar-refractivity contribution in [1.82, 2.24) is 4.90 Å². The zero-order valence-corrected chi connectivity index (χ0v) is 29.0. The quantitative estimate of drug-likeness (QED) is 0.245. The second kappa shape index (κ2) is 12.8. The fourth-order valence-corrected chi connectivity index (χ4v) is 7.70. The van der Waals surface area contributed by atoms with E-state index in [4.69, 9.17) is 9.47 Å². The fraction of sp³-hybridized carbons (Fsp3) is 0.444. The third kappa shape index (κ3) is 6.86. The van der Waals surface area contributed by atoms with Crippen LogP contribution < -0.4 is 9.47 Å². The van der Waals surface area contributed by atoms with Crippen molar-refractivity contribution in [2.75, 3.05) is 13.2 Å². The molecular formula is C36H40INO8. The highest BCUT2D eigenvalue weighted by Crippen LogP contribution is 2.55. The smallest absolute Gasteiger partial charge is 0.335 e. The molecular weight excluding hydrogens is 701 g/mol. The number of carboxylic acids is 2. The molecule has 244 valence electrons. The molecule has 0 amide bonds. The molecule has 2 aromatic rings. The van der Waals surface area contributed by atoms with E-state index < -0.39 is 17.9 Å². The number of carboxylic acid groups (broad SMARTS) is 2. The minimum atomic E-state index is -1.000. The van der Waals surface area contributed by atoms with E-state index in [-0.39, 0.29) is 47.5 Å². The Labute approximate surface area is 282 Å². The van der Waals surface area contributed by atoms with E-state index in [0.29, 0.717) is 54.9 Å². The Balaban J connectivity index is 1.63. The number of ether oxygens (including phenoxy) is 2. The van der Waals surface area contributed by atoms with Crippen molar-refractivity contribution in [2.45, 2.75) is 79.2 Å². The number of aliphatic carboxylic acids is 1. The highest BCUT2D eigenvalue weighted by Gasteiger charge is 2.49. The van der Waals surface area contributed by atoms with Gasteiger partial charge in [-0.05, 0) is 88.6 Å². The Morgan fingerprint density at radius 2 is 1.46 bits per heavy atom. The molecule has 0 atom stereocenters. The van der Waals surface area contributed by atoms with Gasteiger partial charge in [0.25, 0.3) is 0 Å². The average molecular weight is 742 g/mol. The monoisotopic (exact) mass is 741 g/mol. The maximum atomic E-state index is 14.1. The van der Waals surface area contributed by atoms with Crippen LogP contribution in [0.5, 0.6) is 11.5 Å². The molecule has 0 spiro atoms. The van der Waals surface area contributed by atoms with Crippen LogP contribution in [0, 0.1) is 14.4 Å². The highest BCUT2D eigenvalue weighted by molar-refractivity contribution is 14.1. The fourth-order valence-electron chi connectivity index (χ4n) is 6.92. The van der Waals surface area contributed by atoms with Gasteiger partial charge in [-0.3, -0.25) is 14.4 Å². The highest BCUT2D eigenvalue weighted by atomic mass is 127. The van der Waals surface area contributed by atoms with Crippen molar-refractivity contribution in [2.24, 2.45) is 10.8 Å². The molecule has 0 fully saturated rings. The summed E-state index contributed by atoms with van der Waals surface area (Å²) in [6.07, 6.45) is 1.72. The molecule has 0 saturated carbocycles. The molecule has 46 heavy (non-hydrogen) atoms. The summed E-state index contributed by atoms with van der Waals surface area (Å²) in [4.78, 5) is 53.1. The van der Waals surface area contributed by atoms with E-state index in [1.165, 1.54) is 12.1 Å². The van der Waals surface area contributed by atoms with E-state index in [1.807, 2.05) is 24.0 Å². The van der Waals surface area contributed by atoms with Gasteiger partial charge in [-0.15, -0.1) is 0 Å². The van der Waals surface area contributed by atoms with E-state index in [1.54, 1.807) is 12.1 Å². The lowest BCUT2D eigenvalue weighted by Crippen LogP contribution is -2.45. The first kappa shape index (κ1) is 33.7. The van der Waals surface area contributed by atoms with Crippen molar-refractivity contribution < 1.29 is 38.9 Å². The molecule has 0 aromatic heterocycles. The number of allylic oxidation sites excluding steroid dienone is 4. The molecule has 0 unspecified atom stereocenters. The summed E-state index contributed by atoms with van der Waals surface area (Å²) in [6, 6.07) is 10.3. The summed E-state index contributed by atoms with van der Waals surface area (Å²) in [7, 11) is 0. The Morgan fingerprint density at radius 1 is 0.891 bits per heavy atom. The number of rotatable bonds is 10. The van der Waals surface area contributed by atoms with E-state index in [2.05, 4.69) is 50.3 Å². The van der Waals surface area contributed by atoms with E-state index >= 15 is 0 Å². The number of carbonyl (C=O) groups is 4. The van der Waals surface area contributed by atoms with Crippen LogP contribution in [-0.4, -0.2) is 51.8 Å². The van der Waals surface area contributed by atoms with Crippen LogP contribution in [0.1, 0.15) is 94.1 Å². The predicted molar refractivity (Wildman–Crippen MR) is 180 cm³/mol. The molecule has 0 radical (unpaired) electrons. The normalized spacial score (nSPS) is 19.1. The van der Waals surface area contributed by atoms with Crippen LogP contribution in [0.25, 0.3) is 0 Å². The molecule has 0 saturated heterocycles. The number of hydrogen-bond acceptors (Lipinski definition) is 7. The lowest BCUT2D eigenvalue weighted by atomic mass is 9.63. The first-order valence-corrected chi connectivity index (χ1v) is 16.6. The zero-order valence-electron chi connectivity index (χ0n) is 26.9.